The Labute approximate surface area is 208 Å². The Bertz CT molecular complexity index is 1350. The lowest BCUT2D eigenvalue weighted by Crippen LogP contribution is -2.35. The van der Waals surface area contributed by atoms with Crippen molar-refractivity contribution in [1.82, 2.24) is 14.5 Å². The van der Waals surface area contributed by atoms with Crippen LogP contribution in [0.25, 0.3) is 0 Å². The second-order valence-electron chi connectivity index (χ2n) is 8.38. The van der Waals surface area contributed by atoms with Crippen molar-refractivity contribution in [1.29, 1.82) is 0 Å². The molecule has 36 heavy (non-hydrogen) atoms. The molecule has 9 nitrogen and oxygen atoms in total. The van der Waals surface area contributed by atoms with Crippen molar-refractivity contribution >= 4 is 17.7 Å². The van der Waals surface area contributed by atoms with Gasteiger partial charge in [0.25, 0.3) is 11.5 Å². The van der Waals surface area contributed by atoms with E-state index in [4.69, 9.17) is 9.47 Å². The van der Waals surface area contributed by atoms with Gasteiger partial charge in [-0.3, -0.25) is 19.4 Å². The number of amides is 1. The van der Waals surface area contributed by atoms with E-state index in [1.165, 1.54) is 24.7 Å². The molecule has 0 spiro atoms. The molecule has 1 aliphatic heterocycles. The molecule has 1 aromatic carbocycles. The van der Waals surface area contributed by atoms with Crippen LogP contribution in [0.2, 0.25) is 0 Å². The Hall–Kier alpha value is -4.27. The van der Waals surface area contributed by atoms with E-state index < -0.39 is 5.97 Å². The van der Waals surface area contributed by atoms with Crippen LogP contribution in [0.5, 0.6) is 5.75 Å². The van der Waals surface area contributed by atoms with E-state index in [9.17, 15) is 19.2 Å². The Morgan fingerprint density at radius 2 is 1.75 bits per heavy atom. The van der Waals surface area contributed by atoms with Crippen molar-refractivity contribution < 1.29 is 23.9 Å². The Morgan fingerprint density at radius 3 is 2.44 bits per heavy atom. The minimum absolute atomic E-state index is 0.149. The zero-order valence-corrected chi connectivity index (χ0v) is 20.2. The van der Waals surface area contributed by atoms with E-state index in [-0.39, 0.29) is 61.2 Å². The highest BCUT2D eigenvalue weighted by Crippen LogP contribution is 2.25. The number of pyridine rings is 2. The lowest BCUT2D eigenvalue weighted by Gasteiger charge is -2.21. The number of hydrogen-bond acceptors (Lipinski definition) is 7. The summed E-state index contributed by atoms with van der Waals surface area (Å²) in [7, 11) is 1.27. The van der Waals surface area contributed by atoms with Gasteiger partial charge >= 0.3 is 5.97 Å². The zero-order chi connectivity index (χ0) is 25.7. The summed E-state index contributed by atoms with van der Waals surface area (Å²) in [5.74, 6) is -0.967. The van der Waals surface area contributed by atoms with Crippen molar-refractivity contribution in [2.24, 2.45) is 0 Å². The number of ether oxygens (including phenoxy) is 2. The molecular weight excluding hydrogens is 462 g/mol. The van der Waals surface area contributed by atoms with Crippen LogP contribution in [0.4, 0.5) is 0 Å². The number of fused-ring (bicyclic) bond motifs is 1. The molecule has 0 N–H and O–H groups in total. The van der Waals surface area contributed by atoms with Gasteiger partial charge in [0, 0.05) is 61.7 Å². The number of Topliss-reactive ketones (excluding diaryl/α,β-unsaturated/α-hetero) is 1. The number of esters is 1. The number of carbonyl (C=O) groups is 3. The molecular formula is C27H27N3O6. The number of benzene rings is 1. The maximum atomic E-state index is 13.3. The summed E-state index contributed by atoms with van der Waals surface area (Å²) in [6.07, 6.45) is 2.43. The molecule has 0 saturated heterocycles. The van der Waals surface area contributed by atoms with Crippen molar-refractivity contribution in [2.75, 3.05) is 26.8 Å². The fourth-order valence-electron chi connectivity index (χ4n) is 4.35. The molecule has 0 radical (unpaired) electrons. The lowest BCUT2D eigenvalue weighted by atomic mass is 10.0. The molecule has 4 rings (SSSR count). The molecule has 3 heterocycles. The largest absolute Gasteiger partial charge is 0.492 e. The molecule has 1 aliphatic rings. The third kappa shape index (κ3) is 5.19. The van der Waals surface area contributed by atoms with Crippen molar-refractivity contribution in [3.05, 3.63) is 93.2 Å². The maximum absolute atomic E-state index is 13.3. The quantitative estimate of drug-likeness (QED) is 0.371. The van der Waals surface area contributed by atoms with Gasteiger partial charge in [-0.2, -0.15) is 0 Å². The Morgan fingerprint density at radius 1 is 1.00 bits per heavy atom. The SMILES string of the molecule is COC(=O)c1c(OCCc2ccccn2)cc(=O)n2c1CCN(C(=O)c1ccccc1C(C)=O)CC2. The first kappa shape index (κ1) is 24.8. The second-order valence-corrected chi connectivity index (χ2v) is 8.38. The van der Waals surface area contributed by atoms with Gasteiger partial charge in [-0.1, -0.05) is 24.3 Å². The average molecular weight is 490 g/mol. The molecule has 0 atom stereocenters. The fourth-order valence-corrected chi connectivity index (χ4v) is 4.35. The predicted molar refractivity (Wildman–Crippen MR) is 132 cm³/mol. The van der Waals surface area contributed by atoms with Gasteiger partial charge in [-0.05, 0) is 25.1 Å². The third-order valence-corrected chi connectivity index (χ3v) is 6.15. The number of aromatic nitrogens is 2. The molecule has 0 saturated carbocycles. The highest BCUT2D eigenvalue weighted by Gasteiger charge is 2.28. The summed E-state index contributed by atoms with van der Waals surface area (Å²) >= 11 is 0. The van der Waals surface area contributed by atoms with Crippen LogP contribution in [-0.4, -0.2) is 58.9 Å². The maximum Gasteiger partial charge on any atom is 0.343 e. The molecule has 2 aromatic heterocycles. The van der Waals surface area contributed by atoms with Crippen molar-refractivity contribution in [3.63, 3.8) is 0 Å². The molecule has 0 fully saturated rings. The molecule has 0 unspecified atom stereocenters. The number of rotatable bonds is 7. The van der Waals surface area contributed by atoms with Crippen LogP contribution in [0.3, 0.4) is 0 Å². The van der Waals surface area contributed by atoms with Gasteiger partial charge in [0.1, 0.15) is 11.3 Å². The van der Waals surface area contributed by atoms with E-state index in [1.807, 2.05) is 18.2 Å². The van der Waals surface area contributed by atoms with Gasteiger partial charge in [0.15, 0.2) is 5.78 Å². The monoisotopic (exact) mass is 489 g/mol. The van der Waals surface area contributed by atoms with Crippen LogP contribution in [0.1, 0.15) is 49.4 Å². The van der Waals surface area contributed by atoms with Crippen molar-refractivity contribution in [2.45, 2.75) is 26.3 Å². The molecule has 186 valence electrons. The smallest absolute Gasteiger partial charge is 0.343 e. The lowest BCUT2D eigenvalue weighted by molar-refractivity contribution is 0.0593. The molecule has 9 heteroatoms. The van der Waals surface area contributed by atoms with Crippen LogP contribution in [0, 0.1) is 0 Å². The minimum Gasteiger partial charge on any atom is -0.492 e. The topological polar surface area (TPSA) is 108 Å². The van der Waals surface area contributed by atoms with Gasteiger partial charge < -0.3 is 18.9 Å². The van der Waals surface area contributed by atoms with Gasteiger partial charge in [0.2, 0.25) is 0 Å². The number of ketones is 1. The van der Waals surface area contributed by atoms with E-state index in [2.05, 4.69) is 4.98 Å². The van der Waals surface area contributed by atoms with Crippen LogP contribution in [-0.2, 0) is 24.1 Å². The van der Waals surface area contributed by atoms with Gasteiger partial charge in [-0.15, -0.1) is 0 Å². The van der Waals surface area contributed by atoms with Gasteiger partial charge in [0.05, 0.1) is 19.3 Å². The van der Waals surface area contributed by atoms with Crippen LogP contribution >= 0.6 is 0 Å². The van der Waals surface area contributed by atoms with E-state index >= 15 is 0 Å². The highest BCUT2D eigenvalue weighted by molar-refractivity contribution is 6.07. The average Bonchev–Trinajstić information content (AvgIpc) is 3.12. The fraction of sp³-hybridized carbons (Fsp3) is 0.296. The summed E-state index contributed by atoms with van der Waals surface area (Å²) in [4.78, 5) is 56.9. The minimum atomic E-state index is -0.617. The highest BCUT2D eigenvalue weighted by atomic mass is 16.5. The van der Waals surface area contributed by atoms with E-state index in [0.29, 0.717) is 23.2 Å². The first-order valence-corrected chi connectivity index (χ1v) is 11.7. The molecule has 0 bridgehead atoms. The summed E-state index contributed by atoms with van der Waals surface area (Å²) in [5.41, 5.74) is 1.79. The first-order valence-electron chi connectivity index (χ1n) is 11.7. The molecule has 0 aliphatic carbocycles. The molecule has 1 amide bonds. The predicted octanol–water partition coefficient (Wildman–Crippen LogP) is 2.55. The first-order chi connectivity index (χ1) is 17.4. The third-order valence-electron chi connectivity index (χ3n) is 6.15. The van der Waals surface area contributed by atoms with Gasteiger partial charge in [-0.25, -0.2) is 4.79 Å². The van der Waals surface area contributed by atoms with E-state index in [1.54, 1.807) is 35.4 Å². The normalized spacial score (nSPS) is 12.9. The number of nitrogens with zero attached hydrogens (tertiary/aromatic N) is 3. The number of methoxy groups -OCH3 is 1. The number of hydrogen-bond donors (Lipinski definition) is 0. The Balaban J connectivity index is 1.61. The number of carbonyl (C=O) groups excluding carboxylic acids is 3. The standard InChI is InChI=1S/C27H27N3O6/c1-18(31)20-8-3-4-9-21(20)26(33)29-13-10-22-25(27(34)35-2)23(17-24(32)30(22)15-14-29)36-16-11-19-7-5-6-12-28-19/h3-9,12,17H,10-11,13-16H2,1-2H3. The summed E-state index contributed by atoms with van der Waals surface area (Å²) < 4.78 is 12.4. The Kier molecular flexibility index (Phi) is 7.58. The van der Waals surface area contributed by atoms with Crippen LogP contribution < -0.4 is 10.3 Å². The zero-order valence-electron chi connectivity index (χ0n) is 20.2. The van der Waals surface area contributed by atoms with Crippen LogP contribution in [0.15, 0.2) is 59.5 Å². The molecule has 3 aromatic rings. The van der Waals surface area contributed by atoms with E-state index in [0.717, 1.165) is 5.69 Å². The summed E-state index contributed by atoms with van der Waals surface area (Å²) in [6, 6.07) is 13.5. The van der Waals surface area contributed by atoms with Crippen molar-refractivity contribution in [3.8, 4) is 5.75 Å². The second kappa shape index (κ2) is 11.0. The summed E-state index contributed by atoms with van der Waals surface area (Å²) in [5, 5.41) is 0. The summed E-state index contributed by atoms with van der Waals surface area (Å²) in [6.45, 7) is 2.34.